The molecule has 2 N–H and O–H groups in total. The molecule has 1 heterocycles. The lowest BCUT2D eigenvalue weighted by Gasteiger charge is -2.07. The molecule has 0 aliphatic heterocycles. The fourth-order valence-electron chi connectivity index (χ4n) is 2.44. The number of aryl methyl sites for hydroxylation is 2. The molecule has 4 nitrogen and oxygen atoms in total. The van der Waals surface area contributed by atoms with Gasteiger partial charge in [0.15, 0.2) is 0 Å². The lowest BCUT2D eigenvalue weighted by molar-refractivity contribution is 0.102. The van der Waals surface area contributed by atoms with Gasteiger partial charge in [-0.25, -0.2) is 4.98 Å². The second-order valence-corrected chi connectivity index (χ2v) is 6.74. The van der Waals surface area contributed by atoms with Gasteiger partial charge in [-0.05, 0) is 37.1 Å². The molecule has 0 saturated heterocycles. The Morgan fingerprint density at radius 3 is 2.67 bits per heavy atom. The number of rotatable bonds is 4. The van der Waals surface area contributed by atoms with E-state index in [9.17, 15) is 9.90 Å². The first-order chi connectivity index (χ1) is 11.5. The van der Waals surface area contributed by atoms with Gasteiger partial charge in [-0.1, -0.05) is 36.4 Å². The van der Waals surface area contributed by atoms with Gasteiger partial charge >= 0.3 is 0 Å². The molecule has 3 aromatic rings. The molecule has 1 aromatic heterocycles. The third-order valence-electron chi connectivity index (χ3n) is 3.65. The molecule has 3 rings (SSSR count). The summed E-state index contributed by atoms with van der Waals surface area (Å²) in [4.78, 5) is 17.6. The summed E-state index contributed by atoms with van der Waals surface area (Å²) in [6, 6.07) is 15.2. The van der Waals surface area contributed by atoms with Gasteiger partial charge in [-0.15, -0.1) is 11.3 Å². The van der Waals surface area contributed by atoms with Gasteiger partial charge in [0.25, 0.3) is 5.91 Å². The zero-order valence-electron chi connectivity index (χ0n) is 13.5. The first-order valence-electron chi connectivity index (χ1n) is 7.64. The maximum absolute atomic E-state index is 12.5. The average molecular weight is 338 g/mol. The lowest BCUT2D eigenvalue weighted by Crippen LogP contribution is -2.11. The van der Waals surface area contributed by atoms with E-state index in [1.165, 1.54) is 11.3 Å². The SMILES string of the molecule is Cc1ccc(O)c(NC(=O)c2sc(Cc3ccccc3)nc2C)c1. The van der Waals surface area contributed by atoms with Crippen molar-refractivity contribution in [3.63, 3.8) is 0 Å². The number of anilines is 1. The maximum atomic E-state index is 12.5. The second-order valence-electron chi connectivity index (χ2n) is 5.66. The first kappa shape index (κ1) is 16.2. The largest absolute Gasteiger partial charge is 0.506 e. The highest BCUT2D eigenvalue weighted by molar-refractivity contribution is 7.14. The standard InChI is InChI=1S/C19H18N2O2S/c1-12-8-9-16(22)15(10-12)21-19(23)18-13(2)20-17(24-18)11-14-6-4-3-5-7-14/h3-10,22H,11H2,1-2H3,(H,21,23). The Hall–Kier alpha value is -2.66. The van der Waals surface area contributed by atoms with Gasteiger partial charge in [0, 0.05) is 6.42 Å². The van der Waals surface area contributed by atoms with Crippen LogP contribution in [0.3, 0.4) is 0 Å². The summed E-state index contributed by atoms with van der Waals surface area (Å²) in [5.41, 5.74) is 3.25. The third kappa shape index (κ3) is 3.63. The molecule has 0 atom stereocenters. The molecule has 0 fully saturated rings. The smallest absolute Gasteiger partial charge is 0.267 e. The fraction of sp³-hybridized carbons (Fsp3) is 0.158. The zero-order valence-corrected chi connectivity index (χ0v) is 14.4. The normalized spacial score (nSPS) is 10.6. The van der Waals surface area contributed by atoms with Gasteiger partial charge < -0.3 is 10.4 Å². The molecule has 24 heavy (non-hydrogen) atoms. The summed E-state index contributed by atoms with van der Waals surface area (Å²) < 4.78 is 0. The number of carbonyl (C=O) groups excluding carboxylic acids is 1. The van der Waals surface area contributed by atoms with Gasteiger partial charge in [0.05, 0.1) is 16.4 Å². The van der Waals surface area contributed by atoms with Crippen molar-refractivity contribution >= 4 is 22.9 Å². The van der Waals surface area contributed by atoms with Crippen LogP contribution in [0.5, 0.6) is 5.75 Å². The van der Waals surface area contributed by atoms with E-state index in [2.05, 4.69) is 10.3 Å². The van der Waals surface area contributed by atoms with E-state index in [0.717, 1.165) is 16.1 Å². The van der Waals surface area contributed by atoms with E-state index in [-0.39, 0.29) is 11.7 Å². The van der Waals surface area contributed by atoms with E-state index < -0.39 is 0 Å². The number of phenols is 1. The van der Waals surface area contributed by atoms with Crippen LogP contribution in [0.4, 0.5) is 5.69 Å². The second kappa shape index (κ2) is 6.84. The van der Waals surface area contributed by atoms with Crippen molar-refractivity contribution in [3.05, 3.63) is 75.2 Å². The van der Waals surface area contributed by atoms with Gasteiger partial charge in [-0.3, -0.25) is 4.79 Å². The fourth-order valence-corrected chi connectivity index (χ4v) is 3.43. The Balaban J connectivity index is 1.79. The summed E-state index contributed by atoms with van der Waals surface area (Å²) in [6.45, 7) is 3.74. The lowest BCUT2D eigenvalue weighted by atomic mass is 10.2. The summed E-state index contributed by atoms with van der Waals surface area (Å²) in [5, 5.41) is 13.5. The van der Waals surface area contributed by atoms with Crippen LogP contribution >= 0.6 is 11.3 Å². The molecule has 1 amide bonds. The molecule has 2 aromatic carbocycles. The van der Waals surface area contributed by atoms with Crippen LogP contribution in [0.25, 0.3) is 0 Å². The quantitative estimate of drug-likeness (QED) is 0.697. The van der Waals surface area contributed by atoms with Crippen molar-refractivity contribution in [2.24, 2.45) is 0 Å². The van der Waals surface area contributed by atoms with Crippen molar-refractivity contribution < 1.29 is 9.90 Å². The van der Waals surface area contributed by atoms with Crippen molar-refractivity contribution in [3.8, 4) is 5.75 Å². The molecular formula is C19H18N2O2S. The number of benzene rings is 2. The molecule has 122 valence electrons. The number of nitrogens with one attached hydrogen (secondary N) is 1. The molecular weight excluding hydrogens is 320 g/mol. The number of hydrogen-bond donors (Lipinski definition) is 2. The molecule has 0 radical (unpaired) electrons. The third-order valence-corrected chi connectivity index (χ3v) is 4.80. The minimum absolute atomic E-state index is 0.0561. The predicted octanol–water partition coefficient (Wildman–Crippen LogP) is 4.31. The number of nitrogens with zero attached hydrogens (tertiary/aromatic N) is 1. The Morgan fingerprint density at radius 1 is 1.17 bits per heavy atom. The Bertz CT molecular complexity index is 872. The monoisotopic (exact) mass is 338 g/mol. The number of aromatic nitrogens is 1. The Kier molecular flexibility index (Phi) is 4.62. The van der Waals surface area contributed by atoms with Crippen LogP contribution in [0.15, 0.2) is 48.5 Å². The van der Waals surface area contributed by atoms with Crippen LogP contribution in [0.2, 0.25) is 0 Å². The number of thiazole rings is 1. The topological polar surface area (TPSA) is 62.2 Å². The predicted molar refractivity (Wildman–Crippen MR) is 96.9 cm³/mol. The van der Waals surface area contributed by atoms with E-state index in [0.29, 0.717) is 22.7 Å². The first-order valence-corrected chi connectivity index (χ1v) is 8.46. The van der Waals surface area contributed by atoms with Gasteiger partial charge in [0.1, 0.15) is 10.6 Å². The van der Waals surface area contributed by atoms with Crippen molar-refractivity contribution in [1.82, 2.24) is 4.98 Å². The van der Waals surface area contributed by atoms with E-state index >= 15 is 0 Å². The minimum atomic E-state index is -0.245. The molecule has 0 aliphatic carbocycles. The number of hydrogen-bond acceptors (Lipinski definition) is 4. The molecule has 5 heteroatoms. The van der Waals surface area contributed by atoms with Gasteiger partial charge in [-0.2, -0.15) is 0 Å². The molecule has 0 aliphatic rings. The van der Waals surface area contributed by atoms with Crippen LogP contribution in [0.1, 0.15) is 31.5 Å². The number of aromatic hydroxyl groups is 1. The number of phenolic OH excluding ortho intramolecular Hbond substituents is 1. The number of carbonyl (C=O) groups is 1. The zero-order chi connectivity index (χ0) is 17.1. The van der Waals surface area contributed by atoms with Crippen LogP contribution in [-0.4, -0.2) is 16.0 Å². The maximum Gasteiger partial charge on any atom is 0.267 e. The van der Waals surface area contributed by atoms with Crippen LogP contribution < -0.4 is 5.32 Å². The summed E-state index contributed by atoms with van der Waals surface area (Å²) in [6.07, 6.45) is 0.704. The Morgan fingerprint density at radius 2 is 1.92 bits per heavy atom. The Labute approximate surface area is 144 Å². The molecule has 0 spiro atoms. The van der Waals surface area contributed by atoms with E-state index in [1.807, 2.05) is 44.2 Å². The molecule has 0 bridgehead atoms. The van der Waals surface area contributed by atoms with Crippen molar-refractivity contribution in [2.75, 3.05) is 5.32 Å². The van der Waals surface area contributed by atoms with Crippen LogP contribution in [-0.2, 0) is 6.42 Å². The summed E-state index contributed by atoms with van der Waals surface area (Å²) in [5.74, 6) is -0.189. The van der Waals surface area contributed by atoms with E-state index in [4.69, 9.17) is 0 Å². The molecule has 0 saturated carbocycles. The van der Waals surface area contributed by atoms with Crippen LogP contribution in [0, 0.1) is 13.8 Å². The van der Waals surface area contributed by atoms with Gasteiger partial charge in [0.2, 0.25) is 0 Å². The minimum Gasteiger partial charge on any atom is -0.506 e. The molecule has 0 unspecified atom stereocenters. The average Bonchev–Trinajstić information content (AvgIpc) is 2.92. The number of amides is 1. The van der Waals surface area contributed by atoms with Crippen molar-refractivity contribution in [1.29, 1.82) is 0 Å². The summed E-state index contributed by atoms with van der Waals surface area (Å²) in [7, 11) is 0. The van der Waals surface area contributed by atoms with E-state index in [1.54, 1.807) is 18.2 Å². The highest BCUT2D eigenvalue weighted by Gasteiger charge is 2.17. The summed E-state index contributed by atoms with van der Waals surface area (Å²) >= 11 is 1.39. The highest BCUT2D eigenvalue weighted by Crippen LogP contribution is 2.27. The van der Waals surface area contributed by atoms with Crippen molar-refractivity contribution in [2.45, 2.75) is 20.3 Å². The highest BCUT2D eigenvalue weighted by atomic mass is 32.1.